The van der Waals surface area contributed by atoms with Crippen molar-refractivity contribution in [2.45, 2.75) is 18.9 Å². The van der Waals surface area contributed by atoms with E-state index in [9.17, 15) is 9.59 Å². The number of carbonyl (C=O) groups is 2. The van der Waals surface area contributed by atoms with Gasteiger partial charge in [-0.1, -0.05) is 59.6 Å². The lowest BCUT2D eigenvalue weighted by Crippen LogP contribution is -2.33. The maximum absolute atomic E-state index is 13.4. The molecule has 2 heterocycles. The second kappa shape index (κ2) is 9.56. The van der Waals surface area contributed by atoms with Crippen LogP contribution in [0.3, 0.4) is 0 Å². The molecule has 0 spiro atoms. The van der Waals surface area contributed by atoms with Crippen molar-refractivity contribution in [2.24, 2.45) is 5.73 Å². The molecule has 0 radical (unpaired) electrons. The first-order chi connectivity index (χ1) is 16.9. The summed E-state index contributed by atoms with van der Waals surface area (Å²) in [6.45, 7) is 0.498. The van der Waals surface area contributed by atoms with Crippen LogP contribution >= 0.6 is 23.2 Å². The average molecular weight is 506 g/mol. The van der Waals surface area contributed by atoms with Gasteiger partial charge in [0.05, 0.1) is 30.1 Å². The second-order valence-electron chi connectivity index (χ2n) is 8.35. The molecule has 0 bridgehead atoms. The van der Waals surface area contributed by atoms with E-state index in [0.717, 1.165) is 22.4 Å². The molecule has 1 aromatic heterocycles. The van der Waals surface area contributed by atoms with Gasteiger partial charge in [0, 0.05) is 39.2 Å². The number of ether oxygens (including phenoxy) is 1. The molecule has 1 aliphatic heterocycles. The molecule has 0 saturated heterocycles. The molecule has 8 heteroatoms. The maximum atomic E-state index is 13.4. The molecule has 2 amide bonds. The van der Waals surface area contributed by atoms with Gasteiger partial charge in [0.2, 0.25) is 5.91 Å². The van der Waals surface area contributed by atoms with Crippen molar-refractivity contribution < 1.29 is 14.3 Å². The summed E-state index contributed by atoms with van der Waals surface area (Å²) in [5, 5.41) is 4.74. The van der Waals surface area contributed by atoms with Crippen LogP contribution < -0.4 is 15.8 Å². The normalized spacial score (nSPS) is 14.7. The van der Waals surface area contributed by atoms with Crippen LogP contribution in [0.5, 0.6) is 5.75 Å². The lowest BCUT2D eigenvalue weighted by atomic mass is 9.94. The first-order valence-corrected chi connectivity index (χ1v) is 11.8. The summed E-state index contributed by atoms with van der Waals surface area (Å²) in [6, 6.07) is 18.2. The quantitative estimate of drug-likeness (QED) is 0.374. The van der Waals surface area contributed by atoms with Gasteiger partial charge < -0.3 is 15.8 Å². The van der Waals surface area contributed by atoms with E-state index in [4.69, 9.17) is 33.7 Å². The highest BCUT2D eigenvalue weighted by Crippen LogP contribution is 2.35. The number of rotatable bonds is 5. The Hall–Kier alpha value is -3.61. The topological polar surface area (TPSA) is 94.3 Å². The number of aromatic nitrogens is 1. The highest BCUT2D eigenvalue weighted by molar-refractivity contribution is 6.35. The maximum Gasteiger partial charge on any atom is 0.253 e. The van der Waals surface area contributed by atoms with Crippen molar-refractivity contribution in [1.29, 1.82) is 0 Å². The third kappa shape index (κ3) is 4.67. The molecule has 3 aromatic carbocycles. The average Bonchev–Trinajstić information content (AvgIpc) is 2.83. The zero-order valence-electron chi connectivity index (χ0n) is 18.6. The molecule has 3 N–H and O–H groups in total. The predicted molar refractivity (Wildman–Crippen MR) is 137 cm³/mol. The monoisotopic (exact) mass is 505 g/mol. The number of halogens is 2. The zero-order chi connectivity index (χ0) is 24.5. The fourth-order valence-corrected chi connectivity index (χ4v) is 5.03. The molecule has 1 aliphatic rings. The standard InChI is InChI=1S/C27H21Cl2N3O3/c28-16-10-15(11-17(29)12-16)18-5-3-6-19-21(13-25(30)33)22(14-31-26(18)19)27(34)32-23-8-9-35-24-7-2-1-4-20(23)24/h1-7,10-12,14,23H,8-9,13H2,(H2,30,33)(H,32,34). The number of hydrogen-bond donors (Lipinski definition) is 2. The second-order valence-corrected chi connectivity index (χ2v) is 9.23. The number of hydrogen-bond acceptors (Lipinski definition) is 4. The SMILES string of the molecule is NC(=O)Cc1c(C(=O)NC2CCOc3ccccc32)cnc2c(-c3cc(Cl)cc(Cl)c3)cccc12. The summed E-state index contributed by atoms with van der Waals surface area (Å²) < 4.78 is 5.70. The summed E-state index contributed by atoms with van der Waals surface area (Å²) in [6.07, 6.45) is 2.03. The van der Waals surface area contributed by atoms with Crippen LogP contribution in [0.15, 0.2) is 66.9 Å². The van der Waals surface area contributed by atoms with Crippen LogP contribution in [0.4, 0.5) is 0 Å². The van der Waals surface area contributed by atoms with E-state index >= 15 is 0 Å². The van der Waals surface area contributed by atoms with Gasteiger partial charge in [0.25, 0.3) is 5.91 Å². The lowest BCUT2D eigenvalue weighted by molar-refractivity contribution is -0.117. The largest absolute Gasteiger partial charge is 0.493 e. The summed E-state index contributed by atoms with van der Waals surface area (Å²) >= 11 is 12.4. The van der Waals surface area contributed by atoms with Crippen molar-refractivity contribution >= 4 is 45.9 Å². The number of pyridine rings is 1. The first-order valence-electron chi connectivity index (χ1n) is 11.1. The number of nitrogens with one attached hydrogen (secondary N) is 1. The summed E-state index contributed by atoms with van der Waals surface area (Å²) in [5.41, 5.74) is 9.50. The molecule has 0 fully saturated rings. The van der Waals surface area contributed by atoms with Crippen molar-refractivity contribution in [3.05, 3.63) is 93.6 Å². The summed E-state index contributed by atoms with van der Waals surface area (Å²) in [7, 11) is 0. The van der Waals surface area contributed by atoms with Crippen LogP contribution in [-0.2, 0) is 11.2 Å². The molecule has 5 rings (SSSR count). The Morgan fingerprint density at radius 1 is 1.06 bits per heavy atom. The molecule has 4 aromatic rings. The Balaban J connectivity index is 1.59. The Kier molecular flexibility index (Phi) is 6.32. The predicted octanol–water partition coefficient (Wildman–Crippen LogP) is 5.49. The third-order valence-electron chi connectivity index (χ3n) is 6.04. The number of amides is 2. The Morgan fingerprint density at radius 2 is 1.83 bits per heavy atom. The van der Waals surface area contributed by atoms with Crippen molar-refractivity contribution in [2.75, 3.05) is 6.61 Å². The molecule has 176 valence electrons. The van der Waals surface area contributed by atoms with Crippen LogP contribution in [0.2, 0.25) is 10.0 Å². The third-order valence-corrected chi connectivity index (χ3v) is 6.48. The van der Waals surface area contributed by atoms with E-state index in [1.807, 2.05) is 42.5 Å². The molecule has 1 unspecified atom stereocenters. The Morgan fingerprint density at radius 3 is 2.60 bits per heavy atom. The Bertz CT molecular complexity index is 1450. The summed E-state index contributed by atoms with van der Waals surface area (Å²) in [4.78, 5) is 30.1. The van der Waals surface area contributed by atoms with Crippen molar-refractivity contribution in [3.63, 3.8) is 0 Å². The number of nitrogens with zero attached hydrogens (tertiary/aromatic N) is 1. The summed E-state index contributed by atoms with van der Waals surface area (Å²) in [5.74, 6) is -0.115. The highest BCUT2D eigenvalue weighted by atomic mass is 35.5. The minimum atomic E-state index is -0.542. The minimum Gasteiger partial charge on any atom is -0.493 e. The van der Waals surface area contributed by atoms with E-state index in [1.165, 1.54) is 6.20 Å². The number of primary amides is 1. The fraction of sp³-hybridized carbons (Fsp3) is 0.148. The van der Waals surface area contributed by atoms with Crippen LogP contribution in [0.25, 0.3) is 22.0 Å². The molecule has 0 aliphatic carbocycles. The van der Waals surface area contributed by atoms with Crippen LogP contribution in [0.1, 0.15) is 33.9 Å². The lowest BCUT2D eigenvalue weighted by Gasteiger charge is -2.27. The smallest absolute Gasteiger partial charge is 0.253 e. The van der Waals surface area contributed by atoms with Crippen molar-refractivity contribution in [3.8, 4) is 16.9 Å². The number of nitrogens with two attached hydrogens (primary N) is 1. The molecular weight excluding hydrogens is 485 g/mol. The molecular formula is C27H21Cl2N3O3. The van der Waals surface area contributed by atoms with Gasteiger partial charge in [-0.15, -0.1) is 0 Å². The van der Waals surface area contributed by atoms with Gasteiger partial charge in [-0.3, -0.25) is 14.6 Å². The number of para-hydroxylation sites is 2. The van der Waals surface area contributed by atoms with E-state index in [0.29, 0.717) is 45.1 Å². The number of carbonyl (C=O) groups excluding carboxylic acids is 2. The van der Waals surface area contributed by atoms with Gasteiger partial charge >= 0.3 is 0 Å². The van der Waals surface area contributed by atoms with E-state index in [-0.39, 0.29) is 18.4 Å². The van der Waals surface area contributed by atoms with Gasteiger partial charge in [0.15, 0.2) is 0 Å². The van der Waals surface area contributed by atoms with Gasteiger partial charge in [-0.05, 0) is 35.4 Å². The van der Waals surface area contributed by atoms with Crippen LogP contribution in [-0.4, -0.2) is 23.4 Å². The molecule has 0 saturated carbocycles. The van der Waals surface area contributed by atoms with Gasteiger partial charge in [-0.25, -0.2) is 0 Å². The highest BCUT2D eigenvalue weighted by Gasteiger charge is 2.25. The minimum absolute atomic E-state index is 0.105. The molecule has 6 nitrogen and oxygen atoms in total. The molecule has 35 heavy (non-hydrogen) atoms. The van der Waals surface area contributed by atoms with Crippen molar-refractivity contribution in [1.82, 2.24) is 10.3 Å². The van der Waals surface area contributed by atoms with E-state index in [2.05, 4.69) is 10.3 Å². The van der Waals surface area contributed by atoms with E-state index in [1.54, 1.807) is 18.2 Å². The van der Waals surface area contributed by atoms with Crippen LogP contribution in [0, 0.1) is 0 Å². The number of benzene rings is 3. The Labute approximate surface area is 212 Å². The van der Waals surface area contributed by atoms with Gasteiger partial charge in [-0.2, -0.15) is 0 Å². The number of fused-ring (bicyclic) bond motifs is 2. The first kappa shape index (κ1) is 23.1. The zero-order valence-corrected chi connectivity index (χ0v) is 20.1. The fourth-order valence-electron chi connectivity index (χ4n) is 4.51. The van der Waals surface area contributed by atoms with E-state index < -0.39 is 5.91 Å². The molecule has 1 atom stereocenters. The van der Waals surface area contributed by atoms with Gasteiger partial charge in [0.1, 0.15) is 5.75 Å².